The highest BCUT2D eigenvalue weighted by Gasteiger charge is 2.18. The third-order valence-corrected chi connectivity index (χ3v) is 4.83. The number of unbranched alkanes of at least 4 members (excludes halogenated alkanes) is 1. The number of hydrogen-bond acceptors (Lipinski definition) is 4. The van der Waals surface area contributed by atoms with Gasteiger partial charge in [-0.05, 0) is 18.6 Å². The number of methoxy groups -OCH3 is 1. The fraction of sp³-hybridized carbons (Fsp3) is 0.333. The Morgan fingerprint density at radius 2 is 2.25 bits per heavy atom. The van der Waals surface area contributed by atoms with Crippen molar-refractivity contribution in [3.8, 4) is 17.0 Å². The van der Waals surface area contributed by atoms with Gasteiger partial charge >= 0.3 is 0 Å². The van der Waals surface area contributed by atoms with Crippen LogP contribution in [0.4, 0.5) is 0 Å². The second kappa shape index (κ2) is 7.05. The number of imidazole rings is 1. The molecule has 1 aromatic carbocycles. The number of nitrogens with zero attached hydrogens (tertiary/aromatic N) is 3. The highest BCUT2D eigenvalue weighted by Crippen LogP contribution is 2.26. The molecule has 0 bridgehead atoms. The zero-order valence-electron chi connectivity index (χ0n) is 14.2. The van der Waals surface area contributed by atoms with E-state index in [2.05, 4.69) is 11.9 Å². The van der Waals surface area contributed by atoms with Crippen LogP contribution in [-0.2, 0) is 0 Å². The second-order valence-corrected chi connectivity index (χ2v) is 6.55. The lowest BCUT2D eigenvalue weighted by Crippen LogP contribution is -2.28. The molecular formula is C18H21N3O2S. The van der Waals surface area contributed by atoms with Crippen molar-refractivity contribution >= 4 is 22.2 Å². The van der Waals surface area contributed by atoms with Gasteiger partial charge in [0, 0.05) is 30.7 Å². The SMILES string of the molecule is CCCCN(C)C(=O)c1csc2nc(-c3cccc(OC)c3)cn12. The number of ether oxygens (including phenoxy) is 1. The molecule has 126 valence electrons. The van der Waals surface area contributed by atoms with Crippen molar-refractivity contribution < 1.29 is 9.53 Å². The Kier molecular flexibility index (Phi) is 4.85. The van der Waals surface area contributed by atoms with Crippen LogP contribution in [0.2, 0.25) is 0 Å². The third-order valence-electron chi connectivity index (χ3n) is 3.99. The summed E-state index contributed by atoms with van der Waals surface area (Å²) in [5.41, 5.74) is 2.48. The standard InChI is InChI=1S/C18H21N3O2S/c1-4-5-9-20(2)17(22)16-12-24-18-19-15(11-21(16)18)13-7-6-8-14(10-13)23-3/h6-8,10-12H,4-5,9H2,1-3H3. The molecule has 0 radical (unpaired) electrons. The maximum atomic E-state index is 12.6. The van der Waals surface area contributed by atoms with Crippen LogP contribution in [0, 0.1) is 0 Å². The molecule has 0 spiro atoms. The van der Waals surface area contributed by atoms with Gasteiger partial charge in [-0.15, -0.1) is 11.3 Å². The Labute approximate surface area is 145 Å². The number of thiazole rings is 1. The monoisotopic (exact) mass is 343 g/mol. The van der Waals surface area contributed by atoms with Crippen LogP contribution in [-0.4, -0.2) is 40.9 Å². The van der Waals surface area contributed by atoms with Gasteiger partial charge in [-0.1, -0.05) is 25.5 Å². The number of hydrogen-bond donors (Lipinski definition) is 0. The topological polar surface area (TPSA) is 46.8 Å². The van der Waals surface area contributed by atoms with Crippen LogP contribution < -0.4 is 4.74 Å². The van der Waals surface area contributed by atoms with E-state index in [0.29, 0.717) is 5.69 Å². The second-order valence-electron chi connectivity index (χ2n) is 5.71. The van der Waals surface area contributed by atoms with E-state index < -0.39 is 0 Å². The van der Waals surface area contributed by atoms with Crippen molar-refractivity contribution in [2.24, 2.45) is 0 Å². The Bertz CT molecular complexity index is 853. The molecule has 0 saturated carbocycles. The van der Waals surface area contributed by atoms with Gasteiger partial charge in [-0.2, -0.15) is 0 Å². The van der Waals surface area contributed by atoms with Crippen LogP contribution in [0.1, 0.15) is 30.3 Å². The molecule has 5 nitrogen and oxygen atoms in total. The summed E-state index contributed by atoms with van der Waals surface area (Å²) in [6.07, 6.45) is 4.00. The first-order chi connectivity index (χ1) is 11.6. The molecular weight excluding hydrogens is 322 g/mol. The highest BCUT2D eigenvalue weighted by atomic mass is 32.1. The number of rotatable bonds is 6. The minimum absolute atomic E-state index is 0.0318. The summed E-state index contributed by atoms with van der Waals surface area (Å²) in [6.45, 7) is 2.89. The van der Waals surface area contributed by atoms with E-state index in [1.54, 1.807) is 12.0 Å². The normalized spacial score (nSPS) is 11.0. The smallest absolute Gasteiger partial charge is 0.271 e. The zero-order valence-corrected chi connectivity index (χ0v) is 15.0. The number of fused-ring (bicyclic) bond motifs is 1. The molecule has 0 atom stereocenters. The number of amides is 1. The van der Waals surface area contributed by atoms with Gasteiger partial charge in [-0.25, -0.2) is 4.98 Å². The first-order valence-corrected chi connectivity index (χ1v) is 8.88. The largest absolute Gasteiger partial charge is 0.497 e. The minimum Gasteiger partial charge on any atom is -0.497 e. The summed E-state index contributed by atoms with van der Waals surface area (Å²) in [5, 5.41) is 1.88. The highest BCUT2D eigenvalue weighted by molar-refractivity contribution is 7.15. The van der Waals surface area contributed by atoms with E-state index >= 15 is 0 Å². The first kappa shape index (κ1) is 16.5. The molecule has 0 aliphatic rings. The van der Waals surface area contributed by atoms with Gasteiger partial charge in [0.15, 0.2) is 4.96 Å². The summed E-state index contributed by atoms with van der Waals surface area (Å²) in [7, 11) is 3.50. The lowest BCUT2D eigenvalue weighted by molar-refractivity contribution is 0.0787. The van der Waals surface area contributed by atoms with Crippen LogP contribution >= 0.6 is 11.3 Å². The molecule has 3 aromatic rings. The van der Waals surface area contributed by atoms with Crippen LogP contribution in [0.3, 0.4) is 0 Å². The van der Waals surface area contributed by atoms with E-state index in [-0.39, 0.29) is 5.91 Å². The summed E-state index contributed by atoms with van der Waals surface area (Å²) in [4.78, 5) is 19.9. The van der Waals surface area contributed by atoms with Crippen molar-refractivity contribution in [2.75, 3.05) is 20.7 Å². The molecule has 3 rings (SSSR count). The van der Waals surface area contributed by atoms with Crippen molar-refractivity contribution in [1.82, 2.24) is 14.3 Å². The minimum atomic E-state index is 0.0318. The Morgan fingerprint density at radius 3 is 3.00 bits per heavy atom. The van der Waals surface area contributed by atoms with Crippen LogP contribution in [0.15, 0.2) is 35.8 Å². The van der Waals surface area contributed by atoms with Crippen molar-refractivity contribution in [3.05, 3.63) is 41.5 Å². The summed E-state index contributed by atoms with van der Waals surface area (Å²) < 4.78 is 7.15. The van der Waals surface area contributed by atoms with E-state index in [4.69, 9.17) is 4.74 Å². The van der Waals surface area contributed by atoms with E-state index in [1.807, 2.05) is 47.3 Å². The van der Waals surface area contributed by atoms with Gasteiger partial charge in [0.05, 0.1) is 12.8 Å². The van der Waals surface area contributed by atoms with Crippen molar-refractivity contribution in [3.63, 3.8) is 0 Å². The number of carbonyl (C=O) groups excluding carboxylic acids is 1. The van der Waals surface area contributed by atoms with Crippen LogP contribution in [0.25, 0.3) is 16.2 Å². The predicted octanol–water partition coefficient (Wildman–Crippen LogP) is 3.94. The quantitative estimate of drug-likeness (QED) is 0.681. The summed E-state index contributed by atoms with van der Waals surface area (Å²) >= 11 is 1.48. The average molecular weight is 343 g/mol. The molecule has 1 amide bonds. The fourth-order valence-electron chi connectivity index (χ4n) is 2.55. The van der Waals surface area contributed by atoms with E-state index in [0.717, 1.165) is 41.4 Å². The Hall–Kier alpha value is -2.34. The molecule has 6 heteroatoms. The lowest BCUT2D eigenvalue weighted by atomic mass is 10.1. The maximum Gasteiger partial charge on any atom is 0.271 e. The molecule has 0 unspecified atom stereocenters. The molecule has 0 fully saturated rings. The first-order valence-electron chi connectivity index (χ1n) is 8.00. The van der Waals surface area contributed by atoms with Crippen molar-refractivity contribution in [2.45, 2.75) is 19.8 Å². The molecule has 0 saturated heterocycles. The molecule has 2 heterocycles. The number of aromatic nitrogens is 2. The van der Waals surface area contributed by atoms with Crippen molar-refractivity contribution in [1.29, 1.82) is 0 Å². The van der Waals surface area contributed by atoms with E-state index in [9.17, 15) is 4.79 Å². The molecule has 0 N–H and O–H groups in total. The maximum absolute atomic E-state index is 12.6. The van der Waals surface area contributed by atoms with Gasteiger partial charge in [0.25, 0.3) is 5.91 Å². The third kappa shape index (κ3) is 3.14. The van der Waals surface area contributed by atoms with E-state index in [1.165, 1.54) is 11.3 Å². The van der Waals surface area contributed by atoms with Gasteiger partial charge in [-0.3, -0.25) is 9.20 Å². The molecule has 0 aliphatic heterocycles. The summed E-state index contributed by atoms with van der Waals surface area (Å²) in [5.74, 6) is 0.823. The number of carbonyl (C=O) groups is 1. The van der Waals surface area contributed by atoms with Gasteiger partial charge in [0.2, 0.25) is 0 Å². The van der Waals surface area contributed by atoms with Crippen LogP contribution in [0.5, 0.6) is 5.75 Å². The molecule has 0 aliphatic carbocycles. The average Bonchev–Trinajstić information content (AvgIpc) is 3.19. The Morgan fingerprint density at radius 1 is 1.42 bits per heavy atom. The Balaban J connectivity index is 1.92. The predicted molar refractivity (Wildman–Crippen MR) is 96.9 cm³/mol. The summed E-state index contributed by atoms with van der Waals surface area (Å²) in [6, 6.07) is 7.77. The van der Waals surface area contributed by atoms with Gasteiger partial charge in [0.1, 0.15) is 11.4 Å². The number of benzene rings is 1. The fourth-order valence-corrected chi connectivity index (χ4v) is 3.40. The molecule has 2 aromatic heterocycles. The lowest BCUT2D eigenvalue weighted by Gasteiger charge is -2.15. The molecule has 24 heavy (non-hydrogen) atoms. The zero-order chi connectivity index (χ0) is 17.1. The van der Waals surface area contributed by atoms with Gasteiger partial charge < -0.3 is 9.64 Å².